The molecule has 0 bridgehead atoms. The van der Waals surface area contributed by atoms with Crippen LogP contribution in [0, 0.1) is 10.1 Å². The van der Waals surface area contributed by atoms with Crippen molar-refractivity contribution in [1.29, 1.82) is 0 Å². The standard InChI is InChI=1S/C17H17ClN2O3/c1-3-11-6-5-7-12(4-2)16(11)19-17(21)14-9-8-13(20(22)23)10-15(14)18/h5-10H,3-4H2,1-2H3,(H,19,21). The third kappa shape index (κ3) is 3.68. The number of rotatable bonds is 5. The number of hydrogen-bond acceptors (Lipinski definition) is 3. The lowest BCUT2D eigenvalue weighted by atomic mass is 10.0. The van der Waals surface area contributed by atoms with Gasteiger partial charge in [0.05, 0.1) is 15.5 Å². The monoisotopic (exact) mass is 332 g/mol. The molecule has 2 aromatic carbocycles. The van der Waals surface area contributed by atoms with Gasteiger partial charge in [0.25, 0.3) is 11.6 Å². The molecule has 6 heteroatoms. The highest BCUT2D eigenvalue weighted by Crippen LogP contribution is 2.26. The summed E-state index contributed by atoms with van der Waals surface area (Å²) in [4.78, 5) is 22.7. The molecule has 0 heterocycles. The smallest absolute Gasteiger partial charge is 0.270 e. The van der Waals surface area contributed by atoms with E-state index < -0.39 is 4.92 Å². The first kappa shape index (κ1) is 17.0. The fourth-order valence-corrected chi connectivity index (χ4v) is 2.65. The highest BCUT2D eigenvalue weighted by atomic mass is 35.5. The molecule has 0 radical (unpaired) electrons. The fraction of sp³-hybridized carbons (Fsp3) is 0.235. The minimum Gasteiger partial charge on any atom is -0.321 e. The van der Waals surface area contributed by atoms with E-state index in [0.29, 0.717) is 0 Å². The van der Waals surface area contributed by atoms with Crippen LogP contribution in [0.5, 0.6) is 0 Å². The number of nitrogens with one attached hydrogen (secondary N) is 1. The number of carbonyl (C=O) groups is 1. The number of non-ortho nitro benzene ring substituents is 1. The van der Waals surface area contributed by atoms with Crippen molar-refractivity contribution in [3.63, 3.8) is 0 Å². The highest BCUT2D eigenvalue weighted by molar-refractivity contribution is 6.34. The van der Waals surface area contributed by atoms with E-state index in [-0.39, 0.29) is 22.2 Å². The van der Waals surface area contributed by atoms with Gasteiger partial charge in [0.1, 0.15) is 0 Å². The van der Waals surface area contributed by atoms with Crippen LogP contribution in [0.4, 0.5) is 11.4 Å². The van der Waals surface area contributed by atoms with Gasteiger partial charge in [0.2, 0.25) is 0 Å². The van der Waals surface area contributed by atoms with Gasteiger partial charge in [0.15, 0.2) is 0 Å². The van der Waals surface area contributed by atoms with E-state index in [1.54, 1.807) is 0 Å². The minimum atomic E-state index is -0.546. The summed E-state index contributed by atoms with van der Waals surface area (Å²) in [5, 5.41) is 13.7. The van der Waals surface area contributed by atoms with Gasteiger partial charge in [-0.1, -0.05) is 43.6 Å². The second-order valence-electron chi connectivity index (χ2n) is 5.03. The Morgan fingerprint density at radius 1 is 1.17 bits per heavy atom. The van der Waals surface area contributed by atoms with Gasteiger partial charge >= 0.3 is 0 Å². The molecule has 0 fully saturated rings. The third-order valence-electron chi connectivity index (χ3n) is 3.65. The van der Waals surface area contributed by atoms with Crippen molar-refractivity contribution < 1.29 is 9.72 Å². The topological polar surface area (TPSA) is 72.2 Å². The molecule has 0 aliphatic carbocycles. The van der Waals surface area contributed by atoms with E-state index >= 15 is 0 Å². The van der Waals surface area contributed by atoms with Gasteiger partial charge in [-0.05, 0) is 30.0 Å². The summed E-state index contributed by atoms with van der Waals surface area (Å²) >= 11 is 6.02. The number of halogens is 1. The molecule has 0 saturated carbocycles. The van der Waals surface area contributed by atoms with Crippen LogP contribution in [0.1, 0.15) is 35.3 Å². The molecular weight excluding hydrogens is 316 g/mol. The summed E-state index contributed by atoms with van der Waals surface area (Å²) in [6.45, 7) is 4.03. The lowest BCUT2D eigenvalue weighted by Crippen LogP contribution is -2.15. The quantitative estimate of drug-likeness (QED) is 0.641. The molecule has 0 spiro atoms. The summed E-state index contributed by atoms with van der Waals surface area (Å²) in [5.74, 6) is -0.375. The molecule has 120 valence electrons. The van der Waals surface area contributed by atoms with E-state index in [2.05, 4.69) is 5.32 Å². The molecule has 1 N–H and O–H groups in total. The Hall–Kier alpha value is -2.40. The summed E-state index contributed by atoms with van der Waals surface area (Å²) in [6, 6.07) is 9.72. The largest absolute Gasteiger partial charge is 0.321 e. The molecule has 2 rings (SSSR count). The first-order valence-electron chi connectivity index (χ1n) is 7.34. The first-order valence-corrected chi connectivity index (χ1v) is 7.71. The van der Waals surface area contributed by atoms with Crippen molar-refractivity contribution in [3.8, 4) is 0 Å². The Morgan fingerprint density at radius 3 is 2.26 bits per heavy atom. The summed E-state index contributed by atoms with van der Waals surface area (Å²) in [6.07, 6.45) is 1.58. The number of amides is 1. The van der Waals surface area contributed by atoms with Crippen LogP contribution in [0.15, 0.2) is 36.4 Å². The molecular formula is C17H17ClN2O3. The minimum absolute atomic E-state index is 0.0590. The zero-order valence-corrected chi connectivity index (χ0v) is 13.7. The molecule has 0 aliphatic rings. The van der Waals surface area contributed by atoms with Gasteiger partial charge in [0, 0.05) is 17.8 Å². The number of carbonyl (C=O) groups excluding carboxylic acids is 1. The predicted octanol–water partition coefficient (Wildman–Crippen LogP) is 4.63. The number of anilines is 1. The van der Waals surface area contributed by atoms with Crippen molar-refractivity contribution in [2.24, 2.45) is 0 Å². The molecule has 0 unspecified atom stereocenters. The van der Waals surface area contributed by atoms with Crippen molar-refractivity contribution in [2.75, 3.05) is 5.32 Å². The maximum Gasteiger partial charge on any atom is 0.270 e. The van der Waals surface area contributed by atoms with E-state index in [0.717, 1.165) is 29.7 Å². The Kier molecular flexibility index (Phi) is 5.34. The lowest BCUT2D eigenvalue weighted by molar-refractivity contribution is -0.384. The van der Waals surface area contributed by atoms with E-state index in [4.69, 9.17) is 11.6 Å². The van der Waals surface area contributed by atoms with Crippen LogP contribution < -0.4 is 5.32 Å². The van der Waals surface area contributed by atoms with Crippen LogP contribution in [0.25, 0.3) is 0 Å². The molecule has 0 aromatic heterocycles. The summed E-state index contributed by atoms with van der Waals surface area (Å²) in [7, 11) is 0. The highest BCUT2D eigenvalue weighted by Gasteiger charge is 2.17. The Balaban J connectivity index is 2.35. The maximum atomic E-state index is 12.5. The zero-order chi connectivity index (χ0) is 17.0. The molecule has 0 aliphatic heterocycles. The van der Waals surface area contributed by atoms with Crippen LogP contribution in [0.2, 0.25) is 5.02 Å². The van der Waals surface area contributed by atoms with Crippen LogP contribution in [-0.4, -0.2) is 10.8 Å². The van der Waals surface area contributed by atoms with Gasteiger partial charge in [-0.15, -0.1) is 0 Å². The normalized spacial score (nSPS) is 10.4. The van der Waals surface area contributed by atoms with Crippen LogP contribution in [-0.2, 0) is 12.8 Å². The fourth-order valence-electron chi connectivity index (χ4n) is 2.39. The van der Waals surface area contributed by atoms with Crippen LogP contribution >= 0.6 is 11.6 Å². The lowest BCUT2D eigenvalue weighted by Gasteiger charge is -2.14. The maximum absolute atomic E-state index is 12.5. The number of hydrogen-bond donors (Lipinski definition) is 1. The first-order chi connectivity index (χ1) is 11.0. The average molecular weight is 333 g/mol. The summed E-state index contributed by atoms with van der Waals surface area (Å²) in [5.41, 5.74) is 2.93. The third-order valence-corrected chi connectivity index (χ3v) is 3.96. The molecule has 0 atom stereocenters. The van der Waals surface area contributed by atoms with Gasteiger partial charge < -0.3 is 5.32 Å². The number of nitro benzene ring substituents is 1. The van der Waals surface area contributed by atoms with Gasteiger partial charge in [-0.2, -0.15) is 0 Å². The van der Waals surface area contributed by atoms with Gasteiger partial charge in [-0.25, -0.2) is 0 Å². The Labute approximate surface area is 139 Å². The zero-order valence-electron chi connectivity index (χ0n) is 12.9. The van der Waals surface area contributed by atoms with E-state index in [9.17, 15) is 14.9 Å². The van der Waals surface area contributed by atoms with Crippen molar-refractivity contribution in [3.05, 3.63) is 68.2 Å². The average Bonchev–Trinajstić information content (AvgIpc) is 2.54. The van der Waals surface area contributed by atoms with E-state index in [1.165, 1.54) is 18.2 Å². The molecule has 2 aromatic rings. The molecule has 0 saturated heterocycles. The number of para-hydroxylation sites is 1. The number of aryl methyl sites for hydroxylation is 2. The SMILES string of the molecule is CCc1cccc(CC)c1NC(=O)c1ccc([N+](=O)[O-])cc1Cl. The second kappa shape index (κ2) is 7.24. The van der Waals surface area contributed by atoms with Crippen molar-refractivity contribution in [1.82, 2.24) is 0 Å². The Morgan fingerprint density at radius 2 is 1.78 bits per heavy atom. The molecule has 1 amide bonds. The summed E-state index contributed by atoms with van der Waals surface area (Å²) < 4.78 is 0. The van der Waals surface area contributed by atoms with Crippen molar-refractivity contribution >= 4 is 28.9 Å². The van der Waals surface area contributed by atoms with E-state index in [1.807, 2.05) is 32.0 Å². The van der Waals surface area contributed by atoms with Gasteiger partial charge in [-0.3, -0.25) is 14.9 Å². The number of benzene rings is 2. The number of nitro groups is 1. The van der Waals surface area contributed by atoms with Crippen molar-refractivity contribution in [2.45, 2.75) is 26.7 Å². The number of nitrogens with zero attached hydrogens (tertiary/aromatic N) is 1. The predicted molar refractivity (Wildman–Crippen MR) is 91.3 cm³/mol. The molecule has 23 heavy (non-hydrogen) atoms. The van der Waals surface area contributed by atoms with Crippen LogP contribution in [0.3, 0.4) is 0 Å². The Bertz CT molecular complexity index is 737. The molecule has 5 nitrogen and oxygen atoms in total. The second-order valence-corrected chi connectivity index (χ2v) is 5.44.